The van der Waals surface area contributed by atoms with Gasteiger partial charge in [-0.1, -0.05) is 29.8 Å². The summed E-state index contributed by atoms with van der Waals surface area (Å²) in [4.78, 5) is 11.0. The molecule has 0 aliphatic heterocycles. The van der Waals surface area contributed by atoms with E-state index in [1.165, 1.54) is 5.56 Å². The zero-order valence-corrected chi connectivity index (χ0v) is 15.2. The van der Waals surface area contributed by atoms with Gasteiger partial charge in [0.25, 0.3) is 0 Å². The molecule has 0 bridgehead atoms. The van der Waals surface area contributed by atoms with E-state index in [1.807, 2.05) is 35.9 Å². The van der Waals surface area contributed by atoms with Crippen molar-refractivity contribution in [3.05, 3.63) is 65.4 Å². The van der Waals surface area contributed by atoms with Crippen LogP contribution in [0.25, 0.3) is 16.9 Å². The summed E-state index contributed by atoms with van der Waals surface area (Å²) in [5.74, 6) is -0.0408. The van der Waals surface area contributed by atoms with Gasteiger partial charge in [0.05, 0.1) is 30.6 Å². The van der Waals surface area contributed by atoms with Crippen molar-refractivity contribution in [3.63, 3.8) is 0 Å². The van der Waals surface area contributed by atoms with E-state index in [1.54, 1.807) is 7.11 Å². The van der Waals surface area contributed by atoms with Gasteiger partial charge in [0, 0.05) is 12.0 Å². The van der Waals surface area contributed by atoms with Crippen molar-refractivity contribution in [2.24, 2.45) is 0 Å². The van der Waals surface area contributed by atoms with Crippen LogP contribution in [0.5, 0.6) is 5.75 Å². The predicted octanol–water partition coefficient (Wildman–Crippen LogP) is 4.18. The third kappa shape index (κ3) is 3.61. The van der Waals surface area contributed by atoms with Gasteiger partial charge in [-0.15, -0.1) is 0 Å². The summed E-state index contributed by atoms with van der Waals surface area (Å²) in [5, 5.41) is 13.7. The molecule has 0 saturated carbocycles. The van der Waals surface area contributed by atoms with Gasteiger partial charge in [0.2, 0.25) is 0 Å². The summed E-state index contributed by atoms with van der Waals surface area (Å²) in [6, 6.07) is 16.0. The van der Waals surface area contributed by atoms with Crippen LogP contribution in [0.15, 0.2) is 48.5 Å². The van der Waals surface area contributed by atoms with Crippen molar-refractivity contribution in [1.29, 1.82) is 0 Å². The molecule has 1 aromatic heterocycles. The molecule has 26 heavy (non-hydrogen) atoms. The van der Waals surface area contributed by atoms with Crippen molar-refractivity contribution >= 4 is 5.97 Å². The first-order chi connectivity index (χ1) is 12.5. The zero-order chi connectivity index (χ0) is 18.7. The van der Waals surface area contributed by atoms with Crippen LogP contribution in [0.2, 0.25) is 0 Å². The molecule has 0 saturated heterocycles. The third-order valence-corrected chi connectivity index (χ3v) is 4.44. The number of carboxylic acid groups (broad SMARTS) is 1. The Morgan fingerprint density at radius 3 is 2.31 bits per heavy atom. The summed E-state index contributed by atoms with van der Waals surface area (Å²) in [5.41, 5.74) is 5.94. The number of rotatable bonds is 6. The quantitative estimate of drug-likeness (QED) is 0.724. The van der Waals surface area contributed by atoms with Gasteiger partial charge in [-0.25, -0.2) is 4.68 Å². The van der Waals surface area contributed by atoms with E-state index in [4.69, 9.17) is 14.9 Å². The van der Waals surface area contributed by atoms with Crippen molar-refractivity contribution in [2.75, 3.05) is 7.11 Å². The number of methoxy groups -OCH3 is 1. The Bertz CT molecular complexity index is 910. The molecule has 0 radical (unpaired) electrons. The Kier molecular flexibility index (Phi) is 5.07. The Hall–Kier alpha value is -3.08. The highest BCUT2D eigenvalue weighted by Crippen LogP contribution is 2.30. The fourth-order valence-corrected chi connectivity index (χ4v) is 2.96. The van der Waals surface area contributed by atoms with Crippen LogP contribution in [-0.4, -0.2) is 28.0 Å². The van der Waals surface area contributed by atoms with Crippen molar-refractivity contribution in [3.8, 4) is 22.7 Å². The van der Waals surface area contributed by atoms with E-state index in [0.717, 1.165) is 34.0 Å². The van der Waals surface area contributed by atoms with E-state index in [-0.39, 0.29) is 6.42 Å². The van der Waals surface area contributed by atoms with Gasteiger partial charge >= 0.3 is 5.97 Å². The van der Waals surface area contributed by atoms with Gasteiger partial charge in [-0.3, -0.25) is 4.79 Å². The second-order valence-electron chi connectivity index (χ2n) is 6.29. The minimum atomic E-state index is -0.819. The fraction of sp³-hybridized carbons (Fsp3) is 0.238. The molecule has 1 N–H and O–H groups in total. The molecule has 0 atom stereocenters. The Morgan fingerprint density at radius 1 is 1.08 bits per heavy atom. The van der Waals surface area contributed by atoms with Gasteiger partial charge in [-0.2, -0.15) is 5.10 Å². The highest BCUT2D eigenvalue weighted by atomic mass is 16.5. The minimum absolute atomic E-state index is 0.0633. The highest BCUT2D eigenvalue weighted by Gasteiger charge is 2.18. The van der Waals surface area contributed by atoms with Crippen LogP contribution in [0.1, 0.15) is 23.2 Å². The maximum Gasteiger partial charge on any atom is 0.303 e. The second-order valence-corrected chi connectivity index (χ2v) is 6.29. The molecule has 0 aliphatic rings. The first-order valence-corrected chi connectivity index (χ1v) is 8.51. The molecule has 0 spiro atoms. The molecule has 0 aliphatic carbocycles. The molecule has 134 valence electrons. The van der Waals surface area contributed by atoms with Crippen LogP contribution in [0.4, 0.5) is 0 Å². The van der Waals surface area contributed by atoms with Gasteiger partial charge in [0.1, 0.15) is 5.75 Å². The topological polar surface area (TPSA) is 64.4 Å². The smallest absolute Gasteiger partial charge is 0.303 e. The van der Waals surface area contributed by atoms with E-state index < -0.39 is 5.97 Å². The van der Waals surface area contributed by atoms with E-state index in [9.17, 15) is 4.79 Å². The lowest BCUT2D eigenvalue weighted by molar-refractivity contribution is -0.136. The number of aryl methyl sites for hydroxylation is 2. The van der Waals surface area contributed by atoms with Crippen molar-refractivity contribution in [1.82, 2.24) is 9.78 Å². The fourth-order valence-electron chi connectivity index (χ4n) is 2.96. The lowest BCUT2D eigenvalue weighted by atomic mass is 10.0. The van der Waals surface area contributed by atoms with E-state index in [2.05, 4.69) is 31.2 Å². The molecule has 0 fully saturated rings. The monoisotopic (exact) mass is 350 g/mol. The number of nitrogens with zero attached hydrogens (tertiary/aromatic N) is 2. The average molecular weight is 350 g/mol. The zero-order valence-electron chi connectivity index (χ0n) is 15.2. The molecule has 1 heterocycles. The largest absolute Gasteiger partial charge is 0.497 e. The van der Waals surface area contributed by atoms with Crippen LogP contribution >= 0.6 is 0 Å². The van der Waals surface area contributed by atoms with Crippen molar-refractivity contribution < 1.29 is 14.6 Å². The summed E-state index contributed by atoms with van der Waals surface area (Å²) >= 11 is 0. The number of benzene rings is 2. The highest BCUT2D eigenvalue weighted by molar-refractivity contribution is 5.69. The van der Waals surface area contributed by atoms with Crippen LogP contribution in [0.3, 0.4) is 0 Å². The number of aliphatic carboxylic acids is 1. The lowest BCUT2D eigenvalue weighted by Gasteiger charge is -2.10. The summed E-state index contributed by atoms with van der Waals surface area (Å²) < 4.78 is 7.12. The number of hydrogen-bond donors (Lipinski definition) is 1. The third-order valence-electron chi connectivity index (χ3n) is 4.44. The number of carbonyl (C=O) groups is 1. The molecular weight excluding hydrogens is 328 g/mol. The van der Waals surface area contributed by atoms with Gasteiger partial charge < -0.3 is 9.84 Å². The first-order valence-electron chi connectivity index (χ1n) is 8.51. The maximum absolute atomic E-state index is 11.0. The lowest BCUT2D eigenvalue weighted by Crippen LogP contribution is -2.01. The Morgan fingerprint density at radius 2 is 1.73 bits per heavy atom. The number of aromatic nitrogens is 2. The predicted molar refractivity (Wildman–Crippen MR) is 101 cm³/mol. The van der Waals surface area contributed by atoms with Crippen LogP contribution in [-0.2, 0) is 11.2 Å². The minimum Gasteiger partial charge on any atom is -0.497 e. The van der Waals surface area contributed by atoms with Crippen LogP contribution < -0.4 is 4.74 Å². The number of ether oxygens (including phenoxy) is 1. The van der Waals surface area contributed by atoms with E-state index in [0.29, 0.717) is 6.42 Å². The summed E-state index contributed by atoms with van der Waals surface area (Å²) in [6.45, 7) is 4.05. The normalized spacial score (nSPS) is 10.7. The molecule has 5 nitrogen and oxygen atoms in total. The number of hydrogen-bond acceptors (Lipinski definition) is 3. The standard InChI is InChI=1S/C21H22N2O3/c1-14-4-6-16(7-5-14)21-15(2)19(12-13-20(24)25)22-23(21)17-8-10-18(26-3)11-9-17/h4-11H,12-13H2,1-3H3,(H,24,25). The number of carboxylic acids is 1. The molecule has 2 aromatic carbocycles. The Balaban J connectivity index is 2.12. The molecule has 5 heteroatoms. The molecule has 3 rings (SSSR count). The maximum atomic E-state index is 11.0. The molecule has 3 aromatic rings. The van der Waals surface area contributed by atoms with Crippen LogP contribution in [0, 0.1) is 13.8 Å². The Labute approximate surface area is 152 Å². The van der Waals surface area contributed by atoms with Gasteiger partial charge in [-0.05, 0) is 43.7 Å². The van der Waals surface area contributed by atoms with Crippen molar-refractivity contribution in [2.45, 2.75) is 26.7 Å². The van der Waals surface area contributed by atoms with E-state index >= 15 is 0 Å². The SMILES string of the molecule is COc1ccc(-n2nc(CCC(=O)O)c(C)c2-c2ccc(C)cc2)cc1. The summed E-state index contributed by atoms with van der Waals surface area (Å²) in [7, 11) is 1.63. The molecule has 0 unspecified atom stereocenters. The summed E-state index contributed by atoms with van der Waals surface area (Å²) in [6.07, 6.45) is 0.469. The molecule has 0 amide bonds. The molecular formula is C21H22N2O3. The average Bonchev–Trinajstić information content (AvgIpc) is 2.97. The van der Waals surface area contributed by atoms with Gasteiger partial charge in [0.15, 0.2) is 0 Å². The second kappa shape index (κ2) is 7.44. The first kappa shape index (κ1) is 17.7.